The number of aryl methyl sites for hydroxylation is 1. The van der Waals surface area contributed by atoms with Crippen molar-refractivity contribution < 1.29 is 13.7 Å². The molecule has 0 aliphatic carbocycles. The molecule has 3 heterocycles. The van der Waals surface area contributed by atoms with E-state index in [1.165, 1.54) is 12.1 Å². The van der Waals surface area contributed by atoms with Crippen molar-refractivity contribution in [3.05, 3.63) is 53.9 Å². The minimum Gasteiger partial charge on any atom is -0.344 e. The van der Waals surface area contributed by atoms with Crippen molar-refractivity contribution in [1.82, 2.24) is 30.6 Å². The Morgan fingerprint density at radius 3 is 2.97 bits per heavy atom. The van der Waals surface area contributed by atoms with Crippen LogP contribution in [0.15, 0.2) is 41.2 Å². The first-order valence-electron chi connectivity index (χ1n) is 9.10. The van der Waals surface area contributed by atoms with Crippen molar-refractivity contribution in [2.75, 3.05) is 13.1 Å². The number of amides is 1. The summed E-state index contributed by atoms with van der Waals surface area (Å²) in [4.78, 5) is 17.1. The van der Waals surface area contributed by atoms with E-state index in [-0.39, 0.29) is 47.7 Å². The van der Waals surface area contributed by atoms with Gasteiger partial charge in [-0.25, -0.2) is 4.39 Å². The molecule has 1 amide bonds. The van der Waals surface area contributed by atoms with Crippen molar-refractivity contribution in [2.24, 2.45) is 13.0 Å². The van der Waals surface area contributed by atoms with Crippen LogP contribution in [0.1, 0.15) is 30.3 Å². The molecule has 3 atom stereocenters. The van der Waals surface area contributed by atoms with Gasteiger partial charge >= 0.3 is 0 Å². The zero-order valence-corrected chi connectivity index (χ0v) is 16.8. The van der Waals surface area contributed by atoms with E-state index in [0.29, 0.717) is 12.1 Å². The zero-order valence-electron chi connectivity index (χ0n) is 16.0. The summed E-state index contributed by atoms with van der Waals surface area (Å²) in [7, 11) is 1.86. The molecule has 0 radical (unpaired) electrons. The fraction of sp³-hybridized carbons (Fsp3) is 0.368. The summed E-state index contributed by atoms with van der Waals surface area (Å²) >= 11 is 0. The van der Waals surface area contributed by atoms with E-state index in [0.717, 1.165) is 12.1 Å². The number of hydrogen-bond acceptors (Lipinski definition) is 6. The molecular formula is C19H22ClFN6O2. The van der Waals surface area contributed by atoms with Crippen LogP contribution in [0.3, 0.4) is 0 Å². The third-order valence-corrected chi connectivity index (χ3v) is 4.96. The highest BCUT2D eigenvalue weighted by atomic mass is 35.5. The predicted octanol–water partition coefficient (Wildman–Crippen LogP) is 2.21. The molecule has 1 aliphatic rings. The van der Waals surface area contributed by atoms with Gasteiger partial charge < -0.3 is 15.2 Å². The number of nitrogens with one attached hydrogen (secondary N) is 2. The largest absolute Gasteiger partial charge is 0.344 e. The van der Waals surface area contributed by atoms with Gasteiger partial charge in [0.1, 0.15) is 11.9 Å². The molecule has 3 aromatic rings. The van der Waals surface area contributed by atoms with Crippen LogP contribution >= 0.6 is 12.4 Å². The molecule has 154 valence electrons. The maximum absolute atomic E-state index is 13.4. The van der Waals surface area contributed by atoms with E-state index in [1.54, 1.807) is 29.9 Å². The second-order valence-corrected chi connectivity index (χ2v) is 7.02. The fourth-order valence-corrected chi connectivity index (χ4v) is 3.47. The normalized spacial score (nSPS) is 19.6. The minimum atomic E-state index is -0.461. The number of aromatic nitrogens is 4. The number of benzene rings is 1. The molecule has 1 aromatic carbocycles. The first kappa shape index (κ1) is 20.9. The van der Waals surface area contributed by atoms with Gasteiger partial charge in [-0.15, -0.1) is 12.4 Å². The van der Waals surface area contributed by atoms with Gasteiger partial charge in [0.25, 0.3) is 0 Å². The Morgan fingerprint density at radius 2 is 2.24 bits per heavy atom. The van der Waals surface area contributed by atoms with E-state index < -0.39 is 6.04 Å². The van der Waals surface area contributed by atoms with E-state index in [1.807, 2.05) is 13.2 Å². The zero-order chi connectivity index (χ0) is 19.7. The highest BCUT2D eigenvalue weighted by molar-refractivity contribution is 5.85. The Labute approximate surface area is 173 Å². The topological polar surface area (TPSA) is 97.9 Å². The smallest absolute Gasteiger partial charge is 0.249 e. The SMILES string of the molecule is CC(NC(=O)[C@H]1CNC[C@@H]1c1cnn(C)c1)c1nc(-c2cccc(F)c2)no1.Cl. The maximum atomic E-state index is 13.4. The molecule has 0 saturated carbocycles. The van der Waals surface area contributed by atoms with E-state index in [4.69, 9.17) is 4.52 Å². The molecule has 2 N–H and O–H groups in total. The average molecular weight is 421 g/mol. The Kier molecular flexibility index (Phi) is 6.29. The maximum Gasteiger partial charge on any atom is 0.249 e. The van der Waals surface area contributed by atoms with Gasteiger partial charge in [0, 0.05) is 37.8 Å². The van der Waals surface area contributed by atoms with Crippen LogP contribution in [0.2, 0.25) is 0 Å². The molecule has 0 bridgehead atoms. The highest BCUT2D eigenvalue weighted by Gasteiger charge is 2.35. The lowest BCUT2D eigenvalue weighted by molar-refractivity contribution is -0.125. The van der Waals surface area contributed by atoms with Crippen LogP contribution in [0.25, 0.3) is 11.4 Å². The second kappa shape index (κ2) is 8.71. The van der Waals surface area contributed by atoms with Crippen molar-refractivity contribution in [3.63, 3.8) is 0 Å². The Balaban J connectivity index is 0.00000240. The van der Waals surface area contributed by atoms with Crippen molar-refractivity contribution in [2.45, 2.75) is 18.9 Å². The summed E-state index contributed by atoms with van der Waals surface area (Å²) in [6.45, 7) is 3.10. The van der Waals surface area contributed by atoms with Gasteiger partial charge in [-0.05, 0) is 24.6 Å². The summed E-state index contributed by atoms with van der Waals surface area (Å²) in [6, 6.07) is 5.50. The number of carbonyl (C=O) groups is 1. The summed E-state index contributed by atoms with van der Waals surface area (Å²) in [6.07, 6.45) is 3.73. The first-order valence-corrected chi connectivity index (χ1v) is 9.10. The summed E-state index contributed by atoms with van der Waals surface area (Å²) in [5.74, 6) is -0.0520. The lowest BCUT2D eigenvalue weighted by Gasteiger charge is -2.18. The molecule has 2 aromatic heterocycles. The molecule has 29 heavy (non-hydrogen) atoms. The first-order chi connectivity index (χ1) is 13.5. The van der Waals surface area contributed by atoms with Gasteiger partial charge in [-0.3, -0.25) is 9.48 Å². The number of carbonyl (C=O) groups excluding carboxylic acids is 1. The van der Waals surface area contributed by atoms with Gasteiger partial charge in [0.2, 0.25) is 17.6 Å². The monoisotopic (exact) mass is 420 g/mol. The summed E-state index contributed by atoms with van der Waals surface area (Å²) in [5, 5.41) is 14.3. The van der Waals surface area contributed by atoms with Crippen LogP contribution in [-0.4, -0.2) is 38.9 Å². The molecule has 4 rings (SSSR count). The van der Waals surface area contributed by atoms with E-state index in [2.05, 4.69) is 25.9 Å². The summed E-state index contributed by atoms with van der Waals surface area (Å²) in [5.41, 5.74) is 1.55. The van der Waals surface area contributed by atoms with Crippen LogP contribution < -0.4 is 10.6 Å². The fourth-order valence-electron chi connectivity index (χ4n) is 3.47. The lowest BCUT2D eigenvalue weighted by Crippen LogP contribution is -2.36. The van der Waals surface area contributed by atoms with Crippen molar-refractivity contribution in [1.29, 1.82) is 0 Å². The molecule has 1 fully saturated rings. The van der Waals surface area contributed by atoms with Gasteiger partial charge in [-0.1, -0.05) is 17.3 Å². The molecule has 1 saturated heterocycles. The average Bonchev–Trinajstić information content (AvgIpc) is 3.41. The number of nitrogens with zero attached hydrogens (tertiary/aromatic N) is 4. The van der Waals surface area contributed by atoms with Crippen LogP contribution in [0.5, 0.6) is 0 Å². The molecular weight excluding hydrogens is 399 g/mol. The Bertz CT molecular complexity index is 991. The minimum absolute atomic E-state index is 0. The van der Waals surface area contributed by atoms with Gasteiger partial charge in [-0.2, -0.15) is 10.1 Å². The molecule has 8 nitrogen and oxygen atoms in total. The summed E-state index contributed by atoms with van der Waals surface area (Å²) < 4.78 is 20.4. The number of halogens is 2. The third-order valence-electron chi connectivity index (χ3n) is 4.96. The number of rotatable bonds is 5. The molecule has 1 unspecified atom stereocenters. The van der Waals surface area contributed by atoms with Crippen LogP contribution in [-0.2, 0) is 11.8 Å². The van der Waals surface area contributed by atoms with Crippen molar-refractivity contribution in [3.8, 4) is 11.4 Å². The molecule has 1 aliphatic heterocycles. The standard InChI is InChI=1S/C19H21FN6O2.ClH/c1-11(19-24-17(25-28-19)12-4-3-5-14(20)6-12)23-18(27)16-9-21-8-15(16)13-7-22-26(2)10-13;/h3-7,10-11,15-16,21H,8-9H2,1-2H3,(H,23,27);1H/t11?,15-,16+;/m1./s1. The molecule has 0 spiro atoms. The Hall–Kier alpha value is -2.78. The van der Waals surface area contributed by atoms with Crippen LogP contribution in [0.4, 0.5) is 4.39 Å². The van der Waals surface area contributed by atoms with Crippen molar-refractivity contribution >= 4 is 18.3 Å². The molecule has 10 heteroatoms. The highest BCUT2D eigenvalue weighted by Crippen LogP contribution is 2.28. The third kappa shape index (κ3) is 4.46. The number of hydrogen-bond donors (Lipinski definition) is 2. The van der Waals surface area contributed by atoms with E-state index >= 15 is 0 Å². The quantitative estimate of drug-likeness (QED) is 0.656. The second-order valence-electron chi connectivity index (χ2n) is 7.02. The van der Waals surface area contributed by atoms with Gasteiger partial charge in [0.15, 0.2) is 0 Å². The van der Waals surface area contributed by atoms with Gasteiger partial charge in [0.05, 0.1) is 12.1 Å². The van der Waals surface area contributed by atoms with E-state index in [9.17, 15) is 9.18 Å². The predicted molar refractivity (Wildman–Crippen MR) is 106 cm³/mol. The van der Waals surface area contributed by atoms with Crippen LogP contribution in [0, 0.1) is 11.7 Å². The Morgan fingerprint density at radius 1 is 1.41 bits per heavy atom. The lowest BCUT2D eigenvalue weighted by atomic mass is 9.90.